The first-order valence-corrected chi connectivity index (χ1v) is 4.19. The van der Waals surface area contributed by atoms with Gasteiger partial charge in [-0.25, -0.2) is 0 Å². The van der Waals surface area contributed by atoms with E-state index in [0.29, 0.717) is 0 Å². The molecule has 1 N–H and O–H groups in total. The van der Waals surface area contributed by atoms with Crippen molar-refractivity contribution in [1.82, 2.24) is 4.57 Å². The molecule has 0 unspecified atom stereocenters. The number of carboxylic acid groups (broad SMARTS) is 1. The molecule has 0 amide bonds. The van der Waals surface area contributed by atoms with Gasteiger partial charge >= 0.3 is 5.97 Å². The van der Waals surface area contributed by atoms with E-state index in [4.69, 9.17) is 5.11 Å². The van der Waals surface area contributed by atoms with Gasteiger partial charge in [0.15, 0.2) is 0 Å². The first-order valence-electron chi connectivity index (χ1n) is 4.19. The fraction of sp³-hybridized carbons (Fsp3) is 0.111. The summed E-state index contributed by atoms with van der Waals surface area (Å²) in [4.78, 5) is 31.7. The van der Waals surface area contributed by atoms with Crippen LogP contribution < -0.4 is 5.56 Å². The Labute approximate surface area is 89.4 Å². The molecular formula is C9H8N2O5. The van der Waals surface area contributed by atoms with Crippen LogP contribution in [0.15, 0.2) is 23.6 Å². The molecule has 0 aliphatic heterocycles. The van der Waals surface area contributed by atoms with Gasteiger partial charge in [0, 0.05) is 6.07 Å². The number of hydrogen-bond acceptors (Lipinski definition) is 4. The van der Waals surface area contributed by atoms with Crippen molar-refractivity contribution >= 4 is 17.7 Å². The number of nitrogens with zero attached hydrogens (tertiary/aromatic N) is 2. The van der Waals surface area contributed by atoms with E-state index in [1.54, 1.807) is 0 Å². The molecule has 0 saturated heterocycles. The summed E-state index contributed by atoms with van der Waals surface area (Å²) >= 11 is 0. The molecular weight excluding hydrogens is 216 g/mol. The summed E-state index contributed by atoms with van der Waals surface area (Å²) in [7, 11) is 0. The zero-order chi connectivity index (χ0) is 12.3. The van der Waals surface area contributed by atoms with Gasteiger partial charge in [0.25, 0.3) is 11.2 Å². The predicted octanol–water partition coefficient (Wildman–Crippen LogP) is 0.484. The second-order valence-corrected chi connectivity index (χ2v) is 2.94. The van der Waals surface area contributed by atoms with Crippen LogP contribution in [0.4, 0.5) is 5.69 Å². The van der Waals surface area contributed by atoms with Crippen LogP contribution in [-0.4, -0.2) is 20.6 Å². The highest BCUT2D eigenvalue weighted by molar-refractivity contribution is 5.67. The second kappa shape index (κ2) is 4.39. The summed E-state index contributed by atoms with van der Waals surface area (Å²) in [5.74, 6) is -1.25. The van der Waals surface area contributed by atoms with Crippen molar-refractivity contribution in [3.8, 4) is 0 Å². The summed E-state index contributed by atoms with van der Waals surface area (Å²) in [6, 6.07) is 0.980. The molecule has 0 aliphatic carbocycles. The zero-order valence-corrected chi connectivity index (χ0v) is 8.12. The monoisotopic (exact) mass is 224 g/mol. The molecule has 0 atom stereocenters. The zero-order valence-electron chi connectivity index (χ0n) is 8.12. The third kappa shape index (κ3) is 2.32. The number of aliphatic carboxylic acids is 1. The summed E-state index contributed by atoms with van der Waals surface area (Å²) < 4.78 is 0.757. The summed E-state index contributed by atoms with van der Waals surface area (Å²) in [6.45, 7) is 2.72. The number of hydrogen-bond donors (Lipinski definition) is 1. The van der Waals surface area contributed by atoms with Crippen LogP contribution >= 0.6 is 0 Å². The Hall–Kier alpha value is -2.44. The quantitative estimate of drug-likeness (QED) is 0.592. The summed E-state index contributed by atoms with van der Waals surface area (Å²) in [6.07, 6.45) is 2.07. The number of carbonyl (C=O) groups is 1. The van der Waals surface area contributed by atoms with Gasteiger partial charge in [0.05, 0.1) is 16.7 Å². The third-order valence-electron chi connectivity index (χ3n) is 1.86. The second-order valence-electron chi connectivity index (χ2n) is 2.94. The van der Waals surface area contributed by atoms with Crippen LogP contribution in [0.1, 0.15) is 5.56 Å². The van der Waals surface area contributed by atoms with Gasteiger partial charge in [0.1, 0.15) is 6.54 Å². The Balaban J connectivity index is 3.38. The minimum Gasteiger partial charge on any atom is -0.480 e. The molecule has 1 heterocycles. The molecule has 1 rings (SSSR count). The molecule has 1 aromatic heterocycles. The van der Waals surface area contributed by atoms with Crippen molar-refractivity contribution in [3.63, 3.8) is 0 Å². The van der Waals surface area contributed by atoms with Crippen LogP contribution in [0.3, 0.4) is 0 Å². The normalized spacial score (nSPS) is 9.75. The number of aromatic nitrogens is 1. The van der Waals surface area contributed by atoms with Gasteiger partial charge < -0.3 is 5.11 Å². The van der Waals surface area contributed by atoms with Crippen LogP contribution in [0, 0.1) is 10.1 Å². The minimum absolute atomic E-state index is 0.0663. The van der Waals surface area contributed by atoms with Gasteiger partial charge in [-0.15, -0.1) is 0 Å². The molecule has 0 bridgehead atoms. The van der Waals surface area contributed by atoms with Gasteiger partial charge in [-0.2, -0.15) is 0 Å². The maximum Gasteiger partial charge on any atom is 0.323 e. The summed E-state index contributed by atoms with van der Waals surface area (Å²) in [5, 5.41) is 19.1. The van der Waals surface area contributed by atoms with E-state index in [2.05, 4.69) is 6.58 Å². The maximum atomic E-state index is 11.3. The average Bonchev–Trinajstić information content (AvgIpc) is 2.19. The van der Waals surface area contributed by atoms with E-state index in [-0.39, 0.29) is 11.3 Å². The Morgan fingerprint density at radius 2 is 2.31 bits per heavy atom. The number of nitro groups is 1. The molecule has 1 aromatic rings. The van der Waals surface area contributed by atoms with Crippen LogP contribution in [-0.2, 0) is 11.3 Å². The molecule has 7 nitrogen and oxygen atoms in total. The van der Waals surface area contributed by atoms with Crippen molar-refractivity contribution in [3.05, 3.63) is 44.9 Å². The lowest BCUT2D eigenvalue weighted by Gasteiger charge is -2.03. The molecule has 0 aliphatic rings. The largest absolute Gasteiger partial charge is 0.480 e. The van der Waals surface area contributed by atoms with Crippen molar-refractivity contribution in [2.75, 3.05) is 0 Å². The van der Waals surface area contributed by atoms with E-state index in [1.807, 2.05) is 0 Å². The van der Waals surface area contributed by atoms with E-state index < -0.39 is 23.0 Å². The average molecular weight is 224 g/mol. The Kier molecular flexibility index (Phi) is 3.19. The van der Waals surface area contributed by atoms with Gasteiger partial charge in [-0.1, -0.05) is 12.7 Å². The van der Waals surface area contributed by atoms with E-state index in [1.165, 1.54) is 6.08 Å². The van der Waals surface area contributed by atoms with Crippen LogP contribution in [0.2, 0.25) is 0 Å². The Morgan fingerprint density at radius 3 is 2.75 bits per heavy atom. The molecule has 0 spiro atoms. The molecule has 0 fully saturated rings. The van der Waals surface area contributed by atoms with Gasteiger partial charge in [-0.3, -0.25) is 24.3 Å². The highest BCUT2D eigenvalue weighted by Gasteiger charge is 2.15. The first-order chi connectivity index (χ1) is 7.45. The minimum atomic E-state index is -1.25. The maximum absolute atomic E-state index is 11.3. The summed E-state index contributed by atoms with van der Waals surface area (Å²) in [5.41, 5.74) is -0.907. The molecule has 84 valence electrons. The van der Waals surface area contributed by atoms with Crippen LogP contribution in [0.25, 0.3) is 6.08 Å². The Bertz CT molecular complexity index is 517. The van der Waals surface area contributed by atoms with Crippen molar-refractivity contribution in [1.29, 1.82) is 0 Å². The van der Waals surface area contributed by atoms with Crippen molar-refractivity contribution in [2.24, 2.45) is 0 Å². The Morgan fingerprint density at radius 1 is 1.69 bits per heavy atom. The lowest BCUT2D eigenvalue weighted by atomic mass is 10.2. The number of carboxylic acids is 1. The van der Waals surface area contributed by atoms with Gasteiger partial charge in [-0.05, 0) is 0 Å². The smallest absolute Gasteiger partial charge is 0.323 e. The van der Waals surface area contributed by atoms with E-state index in [0.717, 1.165) is 16.8 Å². The molecule has 0 radical (unpaired) electrons. The molecule has 7 heteroatoms. The highest BCUT2D eigenvalue weighted by Crippen LogP contribution is 2.16. The fourth-order valence-corrected chi connectivity index (χ4v) is 1.16. The highest BCUT2D eigenvalue weighted by atomic mass is 16.6. The molecule has 0 saturated carbocycles. The number of rotatable bonds is 4. The van der Waals surface area contributed by atoms with Crippen molar-refractivity contribution in [2.45, 2.75) is 6.54 Å². The van der Waals surface area contributed by atoms with E-state index >= 15 is 0 Å². The fourth-order valence-electron chi connectivity index (χ4n) is 1.16. The van der Waals surface area contributed by atoms with Crippen LogP contribution in [0.5, 0.6) is 0 Å². The van der Waals surface area contributed by atoms with Gasteiger partial charge in [0.2, 0.25) is 0 Å². The lowest BCUT2D eigenvalue weighted by molar-refractivity contribution is -0.385. The topological polar surface area (TPSA) is 102 Å². The molecule has 0 aromatic carbocycles. The third-order valence-corrected chi connectivity index (χ3v) is 1.86. The molecule has 16 heavy (non-hydrogen) atoms. The predicted molar refractivity (Wildman–Crippen MR) is 55.1 cm³/mol. The first kappa shape index (κ1) is 11.6. The van der Waals surface area contributed by atoms with E-state index in [9.17, 15) is 19.7 Å². The standard InChI is InChI=1S/C9H8N2O5/c1-2-6-3-8(12)10(5-9(13)14)4-7(6)11(15)16/h2-4H,1,5H2,(H,13,14). The number of pyridine rings is 1. The van der Waals surface area contributed by atoms with Crippen molar-refractivity contribution < 1.29 is 14.8 Å². The lowest BCUT2D eigenvalue weighted by Crippen LogP contribution is -2.23. The SMILES string of the molecule is C=Cc1cc(=O)n(CC(=O)O)cc1[N+](=O)[O-].